The fourth-order valence-corrected chi connectivity index (χ4v) is 3.26. The Labute approximate surface area is 114 Å². The smallest absolute Gasteiger partial charge is 0.0619 e. The van der Waals surface area contributed by atoms with Crippen LogP contribution in [0.3, 0.4) is 0 Å². The summed E-state index contributed by atoms with van der Waals surface area (Å²) in [5, 5.41) is 5.77. The van der Waals surface area contributed by atoms with E-state index in [0.29, 0.717) is 18.1 Å². The molecule has 102 valence electrons. The number of rotatable bonds is 5. The fourth-order valence-electron chi connectivity index (χ4n) is 2.50. The van der Waals surface area contributed by atoms with E-state index in [1.54, 1.807) is 0 Å². The van der Waals surface area contributed by atoms with Crippen LogP contribution < -0.4 is 5.32 Å². The molecule has 1 N–H and O–H groups in total. The van der Waals surface area contributed by atoms with Gasteiger partial charge in [-0.3, -0.25) is 4.90 Å². The second-order valence-electron chi connectivity index (χ2n) is 5.16. The molecule has 2 rings (SSSR count). The third-order valence-electron chi connectivity index (χ3n) is 3.67. The maximum atomic E-state index is 5.49. The summed E-state index contributed by atoms with van der Waals surface area (Å²) in [7, 11) is 0. The number of ether oxygens (including phenoxy) is 1. The molecule has 0 radical (unpaired) electrons. The van der Waals surface area contributed by atoms with E-state index in [2.05, 4.69) is 48.5 Å². The molecule has 1 aliphatic rings. The highest BCUT2D eigenvalue weighted by atomic mass is 32.1. The SMILES string of the molecule is C[C@H](NC[C@@H](C)N1CCOC[C@H]1C)c1cccs1. The van der Waals surface area contributed by atoms with Gasteiger partial charge >= 0.3 is 0 Å². The van der Waals surface area contributed by atoms with Gasteiger partial charge in [-0.15, -0.1) is 11.3 Å². The summed E-state index contributed by atoms with van der Waals surface area (Å²) in [6.07, 6.45) is 0. The average Bonchev–Trinajstić information content (AvgIpc) is 2.90. The molecule has 0 saturated carbocycles. The van der Waals surface area contributed by atoms with Crippen LogP contribution in [-0.2, 0) is 4.74 Å². The lowest BCUT2D eigenvalue weighted by Crippen LogP contribution is -2.51. The number of nitrogens with zero attached hydrogens (tertiary/aromatic N) is 1. The molecule has 3 atom stereocenters. The van der Waals surface area contributed by atoms with E-state index in [0.717, 1.165) is 26.3 Å². The van der Waals surface area contributed by atoms with E-state index < -0.39 is 0 Å². The van der Waals surface area contributed by atoms with Gasteiger partial charge in [-0.05, 0) is 32.2 Å². The monoisotopic (exact) mass is 268 g/mol. The van der Waals surface area contributed by atoms with E-state index in [4.69, 9.17) is 4.74 Å². The number of hydrogen-bond donors (Lipinski definition) is 1. The summed E-state index contributed by atoms with van der Waals surface area (Å²) in [5.41, 5.74) is 0. The van der Waals surface area contributed by atoms with E-state index in [-0.39, 0.29) is 0 Å². The first-order valence-electron chi connectivity index (χ1n) is 6.78. The molecule has 0 aliphatic carbocycles. The predicted octanol–water partition coefficient (Wildman–Crippen LogP) is 2.51. The highest BCUT2D eigenvalue weighted by Crippen LogP contribution is 2.18. The average molecular weight is 268 g/mol. The minimum Gasteiger partial charge on any atom is -0.379 e. The maximum Gasteiger partial charge on any atom is 0.0619 e. The first-order chi connectivity index (χ1) is 8.68. The standard InChI is InChI=1S/C14H24N2OS/c1-11(16-6-7-17-10-12(16)2)9-15-13(3)14-5-4-8-18-14/h4-5,8,11-13,15H,6-7,9-10H2,1-3H3/t11-,12-,13+/m1/s1. The van der Waals surface area contributed by atoms with Crippen molar-refractivity contribution < 1.29 is 4.74 Å². The van der Waals surface area contributed by atoms with Crippen LogP contribution in [0.1, 0.15) is 31.7 Å². The molecule has 1 aliphatic heterocycles. The molecule has 0 unspecified atom stereocenters. The van der Waals surface area contributed by atoms with Crippen LogP contribution in [0.2, 0.25) is 0 Å². The molecule has 1 aromatic rings. The van der Waals surface area contributed by atoms with Gasteiger partial charge in [-0.25, -0.2) is 0 Å². The van der Waals surface area contributed by atoms with E-state index in [1.165, 1.54) is 4.88 Å². The second-order valence-corrected chi connectivity index (χ2v) is 6.14. The highest BCUT2D eigenvalue weighted by Gasteiger charge is 2.23. The molecule has 1 aromatic heterocycles. The minimum atomic E-state index is 0.448. The topological polar surface area (TPSA) is 24.5 Å². The summed E-state index contributed by atoms with van der Waals surface area (Å²) in [6, 6.07) is 5.86. The van der Waals surface area contributed by atoms with Crippen LogP contribution in [0.4, 0.5) is 0 Å². The largest absolute Gasteiger partial charge is 0.379 e. The van der Waals surface area contributed by atoms with Crippen LogP contribution in [-0.4, -0.2) is 43.3 Å². The molecule has 18 heavy (non-hydrogen) atoms. The second kappa shape index (κ2) is 6.66. The molecule has 0 amide bonds. The molecule has 1 fully saturated rings. The van der Waals surface area contributed by atoms with Gasteiger partial charge in [0.05, 0.1) is 13.2 Å². The predicted molar refractivity (Wildman–Crippen MR) is 77.2 cm³/mol. The van der Waals surface area contributed by atoms with Gasteiger partial charge in [0.15, 0.2) is 0 Å². The van der Waals surface area contributed by atoms with Crippen molar-refractivity contribution in [1.82, 2.24) is 10.2 Å². The van der Waals surface area contributed by atoms with Gasteiger partial charge in [0, 0.05) is 36.1 Å². The van der Waals surface area contributed by atoms with Crippen molar-refractivity contribution in [3.8, 4) is 0 Å². The van der Waals surface area contributed by atoms with Gasteiger partial charge in [0.25, 0.3) is 0 Å². The molecule has 4 heteroatoms. The normalized spacial score (nSPS) is 24.9. The van der Waals surface area contributed by atoms with Crippen molar-refractivity contribution in [2.24, 2.45) is 0 Å². The number of thiophene rings is 1. The van der Waals surface area contributed by atoms with Crippen molar-refractivity contribution in [2.45, 2.75) is 38.9 Å². The lowest BCUT2D eigenvalue weighted by atomic mass is 10.1. The lowest BCUT2D eigenvalue weighted by molar-refractivity contribution is -0.0184. The van der Waals surface area contributed by atoms with Gasteiger partial charge in [-0.1, -0.05) is 6.07 Å². The lowest BCUT2D eigenvalue weighted by Gasteiger charge is -2.38. The van der Waals surface area contributed by atoms with Crippen molar-refractivity contribution in [3.05, 3.63) is 22.4 Å². The Morgan fingerprint density at radius 2 is 2.39 bits per heavy atom. The summed E-state index contributed by atoms with van der Waals surface area (Å²) in [6.45, 7) is 10.6. The summed E-state index contributed by atoms with van der Waals surface area (Å²) < 4.78 is 5.49. The van der Waals surface area contributed by atoms with Crippen molar-refractivity contribution >= 4 is 11.3 Å². The third kappa shape index (κ3) is 3.54. The van der Waals surface area contributed by atoms with Gasteiger partial charge in [0.2, 0.25) is 0 Å². The molecule has 0 bridgehead atoms. The Morgan fingerprint density at radius 1 is 1.56 bits per heavy atom. The van der Waals surface area contributed by atoms with Crippen LogP contribution in [0, 0.1) is 0 Å². The van der Waals surface area contributed by atoms with E-state index in [1.807, 2.05) is 11.3 Å². The first-order valence-corrected chi connectivity index (χ1v) is 7.66. The fraction of sp³-hybridized carbons (Fsp3) is 0.714. The summed E-state index contributed by atoms with van der Waals surface area (Å²) in [4.78, 5) is 3.95. The van der Waals surface area contributed by atoms with Crippen molar-refractivity contribution in [3.63, 3.8) is 0 Å². The van der Waals surface area contributed by atoms with Gasteiger partial charge in [0.1, 0.15) is 0 Å². The molecular weight excluding hydrogens is 244 g/mol. The van der Waals surface area contributed by atoms with Crippen LogP contribution >= 0.6 is 11.3 Å². The Kier molecular flexibility index (Phi) is 5.18. The number of hydrogen-bond acceptors (Lipinski definition) is 4. The van der Waals surface area contributed by atoms with Crippen molar-refractivity contribution in [2.75, 3.05) is 26.3 Å². The zero-order valence-corrected chi connectivity index (χ0v) is 12.4. The highest BCUT2D eigenvalue weighted by molar-refractivity contribution is 7.10. The van der Waals surface area contributed by atoms with Crippen LogP contribution in [0.15, 0.2) is 17.5 Å². The summed E-state index contributed by atoms with van der Waals surface area (Å²) >= 11 is 1.82. The van der Waals surface area contributed by atoms with Crippen LogP contribution in [0.5, 0.6) is 0 Å². The molecular formula is C14H24N2OS. The minimum absolute atomic E-state index is 0.448. The Balaban J connectivity index is 1.78. The van der Waals surface area contributed by atoms with Gasteiger partial charge in [-0.2, -0.15) is 0 Å². The van der Waals surface area contributed by atoms with E-state index in [9.17, 15) is 0 Å². The molecule has 0 aromatic carbocycles. The molecule has 3 nitrogen and oxygen atoms in total. The van der Waals surface area contributed by atoms with Gasteiger partial charge < -0.3 is 10.1 Å². The Morgan fingerprint density at radius 3 is 3.06 bits per heavy atom. The molecule has 0 spiro atoms. The number of morpholine rings is 1. The maximum absolute atomic E-state index is 5.49. The molecule has 2 heterocycles. The van der Waals surface area contributed by atoms with E-state index >= 15 is 0 Å². The quantitative estimate of drug-likeness (QED) is 0.888. The summed E-state index contributed by atoms with van der Waals surface area (Å²) in [5.74, 6) is 0. The van der Waals surface area contributed by atoms with Crippen LogP contribution in [0.25, 0.3) is 0 Å². The van der Waals surface area contributed by atoms with Crippen molar-refractivity contribution in [1.29, 1.82) is 0 Å². The molecule has 1 saturated heterocycles. The first kappa shape index (κ1) is 14.0. The number of nitrogens with one attached hydrogen (secondary N) is 1. The Hall–Kier alpha value is -0.420. The Bertz CT molecular complexity index is 342. The zero-order valence-electron chi connectivity index (χ0n) is 11.6. The zero-order chi connectivity index (χ0) is 13.0. The third-order valence-corrected chi connectivity index (χ3v) is 4.73.